The number of hydrogen-bond acceptors (Lipinski definition) is 2. The number of methoxy groups -OCH3 is 1. The van der Waals surface area contributed by atoms with Crippen molar-refractivity contribution in [2.24, 2.45) is 0 Å². The Hall–Kier alpha value is -1.61. The van der Waals surface area contributed by atoms with Crippen LogP contribution in [0, 0.1) is 0 Å². The summed E-state index contributed by atoms with van der Waals surface area (Å²) in [6, 6.07) is 10.4. The van der Waals surface area contributed by atoms with Crippen LogP contribution < -0.4 is 0 Å². The topological polar surface area (TPSA) is 42.1 Å². The minimum absolute atomic E-state index is 0.313. The Kier molecular flexibility index (Phi) is 2.71. The fourth-order valence-electron chi connectivity index (χ4n) is 2.83. The van der Waals surface area contributed by atoms with Crippen LogP contribution >= 0.6 is 0 Å². The second-order valence-corrected chi connectivity index (χ2v) is 5.01. The van der Waals surface area contributed by atoms with Crippen molar-refractivity contribution in [1.29, 1.82) is 0 Å². The Labute approximate surface area is 106 Å². The highest BCUT2D eigenvalue weighted by molar-refractivity contribution is 5.82. The number of ketones is 1. The normalized spacial score (nSPS) is 19.3. The number of aromatic amines is 1. The molecule has 1 aliphatic carbocycles. The zero-order chi connectivity index (χ0) is 12.6. The zero-order valence-electron chi connectivity index (χ0n) is 10.5. The summed E-state index contributed by atoms with van der Waals surface area (Å²) in [5.74, 6) is 0.346. The van der Waals surface area contributed by atoms with Crippen molar-refractivity contribution in [1.82, 2.24) is 4.98 Å². The Morgan fingerprint density at radius 1 is 1.22 bits per heavy atom. The Morgan fingerprint density at radius 3 is 2.61 bits per heavy atom. The lowest BCUT2D eigenvalue weighted by Crippen LogP contribution is -2.34. The van der Waals surface area contributed by atoms with Gasteiger partial charge in [-0.05, 0) is 30.4 Å². The maximum atomic E-state index is 11.4. The first kappa shape index (κ1) is 11.5. The monoisotopic (exact) mass is 243 g/mol. The number of nitrogens with one attached hydrogen (secondary N) is 1. The van der Waals surface area contributed by atoms with Gasteiger partial charge < -0.3 is 9.72 Å². The minimum atomic E-state index is -0.313. The molecule has 2 aromatic rings. The fourth-order valence-corrected chi connectivity index (χ4v) is 2.83. The molecule has 1 aromatic heterocycles. The third-order valence-corrected chi connectivity index (χ3v) is 4.03. The van der Waals surface area contributed by atoms with Gasteiger partial charge in [0, 0.05) is 31.2 Å². The second kappa shape index (κ2) is 4.25. The van der Waals surface area contributed by atoms with Crippen molar-refractivity contribution >= 4 is 16.7 Å². The predicted octanol–water partition coefficient (Wildman–Crippen LogP) is 3.15. The van der Waals surface area contributed by atoms with Gasteiger partial charge in [0.05, 0.1) is 0 Å². The molecule has 3 heteroatoms. The fraction of sp³-hybridized carbons (Fsp3) is 0.400. The number of carbonyl (C=O) groups excluding carboxylic acids is 1. The molecule has 0 aliphatic heterocycles. The van der Waals surface area contributed by atoms with Crippen molar-refractivity contribution in [2.45, 2.75) is 31.3 Å². The summed E-state index contributed by atoms with van der Waals surface area (Å²) in [5.41, 5.74) is 1.91. The van der Waals surface area contributed by atoms with E-state index >= 15 is 0 Å². The van der Waals surface area contributed by atoms with Gasteiger partial charge in [-0.1, -0.05) is 18.2 Å². The van der Waals surface area contributed by atoms with E-state index in [0.29, 0.717) is 18.6 Å². The van der Waals surface area contributed by atoms with Crippen LogP contribution in [0.4, 0.5) is 0 Å². The van der Waals surface area contributed by atoms with Crippen molar-refractivity contribution < 1.29 is 9.53 Å². The summed E-state index contributed by atoms with van der Waals surface area (Å²) in [4.78, 5) is 14.8. The van der Waals surface area contributed by atoms with Crippen LogP contribution in [0.1, 0.15) is 31.4 Å². The van der Waals surface area contributed by atoms with E-state index in [-0.39, 0.29) is 5.60 Å². The highest BCUT2D eigenvalue weighted by atomic mass is 16.5. The lowest BCUT2D eigenvalue weighted by Gasteiger charge is -2.34. The second-order valence-electron chi connectivity index (χ2n) is 5.01. The number of ether oxygens (including phenoxy) is 1. The predicted molar refractivity (Wildman–Crippen MR) is 70.5 cm³/mol. The Morgan fingerprint density at radius 2 is 1.94 bits per heavy atom. The number of Topliss-reactive ketones (excluding diaryl/α,β-unsaturated/α-hetero) is 1. The van der Waals surface area contributed by atoms with Gasteiger partial charge in [-0.3, -0.25) is 4.79 Å². The molecule has 0 unspecified atom stereocenters. The van der Waals surface area contributed by atoms with Crippen molar-refractivity contribution in [3.05, 3.63) is 36.0 Å². The molecule has 0 bridgehead atoms. The van der Waals surface area contributed by atoms with Crippen LogP contribution in [-0.4, -0.2) is 17.9 Å². The van der Waals surface area contributed by atoms with Gasteiger partial charge >= 0.3 is 0 Å². The van der Waals surface area contributed by atoms with Crippen molar-refractivity contribution in [3.8, 4) is 0 Å². The third kappa shape index (κ3) is 1.75. The summed E-state index contributed by atoms with van der Waals surface area (Å²) in [5, 5.41) is 1.20. The van der Waals surface area contributed by atoms with Gasteiger partial charge in [0.2, 0.25) is 0 Å². The number of carbonyl (C=O) groups is 1. The zero-order valence-corrected chi connectivity index (χ0v) is 10.5. The van der Waals surface area contributed by atoms with Gasteiger partial charge in [0.25, 0.3) is 0 Å². The lowest BCUT2D eigenvalue weighted by atomic mass is 9.81. The van der Waals surface area contributed by atoms with Crippen LogP contribution in [-0.2, 0) is 15.1 Å². The van der Waals surface area contributed by atoms with Crippen LogP contribution in [0.5, 0.6) is 0 Å². The molecule has 3 rings (SSSR count). The van der Waals surface area contributed by atoms with E-state index in [0.717, 1.165) is 24.1 Å². The van der Waals surface area contributed by atoms with E-state index in [9.17, 15) is 4.79 Å². The summed E-state index contributed by atoms with van der Waals surface area (Å²) in [6.07, 6.45) is 2.77. The SMILES string of the molecule is COC1(c2cc3ccccc3[nH]2)CCC(=O)CC1. The first-order valence-electron chi connectivity index (χ1n) is 6.39. The van der Waals surface area contributed by atoms with E-state index in [2.05, 4.69) is 23.2 Å². The van der Waals surface area contributed by atoms with Crippen molar-refractivity contribution in [2.75, 3.05) is 7.11 Å². The average molecular weight is 243 g/mol. The standard InChI is InChI=1S/C15H17NO2/c1-18-15(8-6-12(17)7-9-15)14-10-11-4-2-3-5-13(11)16-14/h2-5,10,16H,6-9H2,1H3. The number of H-pyrrole nitrogens is 1. The number of benzene rings is 1. The van der Waals surface area contributed by atoms with E-state index < -0.39 is 0 Å². The maximum Gasteiger partial charge on any atom is 0.133 e. The summed E-state index contributed by atoms with van der Waals surface area (Å²) in [6.45, 7) is 0. The van der Waals surface area contributed by atoms with Gasteiger partial charge in [-0.15, -0.1) is 0 Å². The number of fused-ring (bicyclic) bond motifs is 1. The summed E-state index contributed by atoms with van der Waals surface area (Å²) in [7, 11) is 1.74. The van der Waals surface area contributed by atoms with Crippen LogP contribution in [0.15, 0.2) is 30.3 Å². The molecule has 1 fully saturated rings. The lowest BCUT2D eigenvalue weighted by molar-refractivity contribution is -0.128. The molecule has 1 aliphatic rings. The molecule has 0 atom stereocenters. The van der Waals surface area contributed by atoms with Crippen molar-refractivity contribution in [3.63, 3.8) is 0 Å². The molecule has 1 heterocycles. The quantitative estimate of drug-likeness (QED) is 0.880. The molecule has 1 N–H and O–H groups in total. The molecule has 1 saturated carbocycles. The number of rotatable bonds is 2. The molecule has 18 heavy (non-hydrogen) atoms. The van der Waals surface area contributed by atoms with E-state index in [1.807, 2.05) is 12.1 Å². The van der Waals surface area contributed by atoms with E-state index in [1.165, 1.54) is 5.39 Å². The molecule has 0 spiro atoms. The molecule has 0 radical (unpaired) electrons. The molecule has 1 aromatic carbocycles. The highest BCUT2D eigenvalue weighted by Gasteiger charge is 2.37. The molecular formula is C15H17NO2. The van der Waals surface area contributed by atoms with Crippen LogP contribution in [0.2, 0.25) is 0 Å². The minimum Gasteiger partial charge on any atom is -0.372 e. The van der Waals surface area contributed by atoms with E-state index in [1.54, 1.807) is 7.11 Å². The molecule has 0 amide bonds. The molecule has 94 valence electrons. The average Bonchev–Trinajstić information content (AvgIpc) is 2.84. The van der Waals surface area contributed by atoms with Gasteiger partial charge in [-0.2, -0.15) is 0 Å². The maximum absolute atomic E-state index is 11.4. The van der Waals surface area contributed by atoms with E-state index in [4.69, 9.17) is 4.74 Å². The number of para-hydroxylation sites is 1. The highest BCUT2D eigenvalue weighted by Crippen LogP contribution is 2.39. The first-order chi connectivity index (χ1) is 8.73. The Bertz CT molecular complexity index is 542. The summed E-state index contributed by atoms with van der Waals surface area (Å²) < 4.78 is 5.76. The molecular weight excluding hydrogens is 226 g/mol. The Balaban J connectivity index is 2.02. The smallest absolute Gasteiger partial charge is 0.133 e. The largest absolute Gasteiger partial charge is 0.372 e. The first-order valence-corrected chi connectivity index (χ1v) is 6.39. The molecule has 0 saturated heterocycles. The summed E-state index contributed by atoms with van der Waals surface area (Å²) >= 11 is 0. The molecule has 3 nitrogen and oxygen atoms in total. The third-order valence-electron chi connectivity index (χ3n) is 4.03. The number of hydrogen-bond donors (Lipinski definition) is 1. The van der Waals surface area contributed by atoms with Crippen LogP contribution in [0.25, 0.3) is 10.9 Å². The van der Waals surface area contributed by atoms with Gasteiger partial charge in [0.1, 0.15) is 11.4 Å². The van der Waals surface area contributed by atoms with Gasteiger partial charge in [0.15, 0.2) is 0 Å². The van der Waals surface area contributed by atoms with Crippen LogP contribution in [0.3, 0.4) is 0 Å². The van der Waals surface area contributed by atoms with Gasteiger partial charge in [-0.25, -0.2) is 0 Å². The number of aromatic nitrogens is 1.